The van der Waals surface area contributed by atoms with Crippen molar-refractivity contribution in [2.75, 3.05) is 6.54 Å². The fourth-order valence-corrected chi connectivity index (χ4v) is 3.86. The molecular weight excluding hydrogens is 372 g/mol. The molecule has 0 saturated heterocycles. The number of rotatable bonds is 5. The van der Waals surface area contributed by atoms with E-state index in [-0.39, 0.29) is 11.6 Å². The lowest BCUT2D eigenvalue weighted by molar-refractivity contribution is 0.751. The van der Waals surface area contributed by atoms with Crippen LogP contribution in [0.1, 0.15) is 23.9 Å². The van der Waals surface area contributed by atoms with Gasteiger partial charge in [0, 0.05) is 19.4 Å². The monoisotopic (exact) mass is 394 g/mol. The highest BCUT2D eigenvalue weighted by atomic mass is 16.1. The molecule has 2 heterocycles. The van der Waals surface area contributed by atoms with Crippen molar-refractivity contribution in [2.45, 2.75) is 18.9 Å². The van der Waals surface area contributed by atoms with E-state index in [4.69, 9.17) is 4.99 Å². The average Bonchev–Trinajstić information content (AvgIpc) is 3.28. The number of hydrogen-bond acceptors (Lipinski definition) is 4. The van der Waals surface area contributed by atoms with E-state index in [0.717, 1.165) is 24.3 Å². The smallest absolute Gasteiger partial charge is 0.258 e. The number of aliphatic imine (C=N–C) groups is 1. The lowest BCUT2D eigenvalue weighted by Gasteiger charge is -2.08. The van der Waals surface area contributed by atoms with Crippen LogP contribution in [0.5, 0.6) is 0 Å². The molecule has 0 amide bonds. The first-order valence-electron chi connectivity index (χ1n) is 10.2. The Kier molecular flexibility index (Phi) is 4.85. The maximum atomic E-state index is 12.2. The van der Waals surface area contributed by atoms with Crippen LogP contribution in [0, 0.1) is 0 Å². The Balaban J connectivity index is 1.27. The fourth-order valence-electron chi connectivity index (χ4n) is 3.86. The summed E-state index contributed by atoms with van der Waals surface area (Å²) in [6, 6.07) is 26.5. The summed E-state index contributed by atoms with van der Waals surface area (Å²) in [4.78, 5) is 24.5. The number of hydrogen-bond donors (Lipinski definition) is 2. The van der Waals surface area contributed by atoms with Gasteiger partial charge in [0.15, 0.2) is 0 Å². The summed E-state index contributed by atoms with van der Waals surface area (Å²) in [6.45, 7) is 0.793. The van der Waals surface area contributed by atoms with Crippen LogP contribution in [-0.4, -0.2) is 22.3 Å². The maximum Gasteiger partial charge on any atom is 0.258 e. The third-order valence-corrected chi connectivity index (χ3v) is 5.47. The molecule has 0 saturated carbocycles. The van der Waals surface area contributed by atoms with Gasteiger partial charge in [-0.25, -0.2) is 4.98 Å². The molecule has 1 unspecified atom stereocenters. The van der Waals surface area contributed by atoms with E-state index in [1.54, 1.807) is 6.07 Å². The zero-order valence-corrected chi connectivity index (χ0v) is 16.5. The van der Waals surface area contributed by atoms with Crippen molar-refractivity contribution in [1.29, 1.82) is 0 Å². The van der Waals surface area contributed by atoms with Crippen molar-refractivity contribution in [3.8, 4) is 11.1 Å². The summed E-state index contributed by atoms with van der Waals surface area (Å²) in [6.07, 6.45) is 1.37. The fraction of sp³-hybridized carbons (Fsp3) is 0.160. The third kappa shape index (κ3) is 3.74. The summed E-state index contributed by atoms with van der Waals surface area (Å²) in [5.41, 5.74) is 4.27. The van der Waals surface area contributed by atoms with Gasteiger partial charge in [-0.2, -0.15) is 0 Å². The zero-order chi connectivity index (χ0) is 20.3. The zero-order valence-electron chi connectivity index (χ0n) is 16.5. The average molecular weight is 394 g/mol. The summed E-state index contributed by atoms with van der Waals surface area (Å²) < 4.78 is 0. The van der Waals surface area contributed by atoms with E-state index >= 15 is 0 Å². The number of nitrogens with zero attached hydrogens (tertiary/aromatic N) is 2. The van der Waals surface area contributed by atoms with Crippen LogP contribution < -0.4 is 10.9 Å². The molecule has 4 aromatic rings. The maximum absolute atomic E-state index is 12.2. The van der Waals surface area contributed by atoms with Gasteiger partial charge >= 0.3 is 0 Å². The topological polar surface area (TPSA) is 70.1 Å². The lowest BCUT2D eigenvalue weighted by Crippen LogP contribution is -2.20. The molecule has 1 aliphatic rings. The molecule has 148 valence electrons. The molecular formula is C25H22N4O. The molecule has 0 radical (unpaired) electrons. The van der Waals surface area contributed by atoms with Crippen LogP contribution in [-0.2, 0) is 6.42 Å². The molecule has 5 heteroatoms. The van der Waals surface area contributed by atoms with Crippen LogP contribution in [0.25, 0.3) is 22.0 Å². The molecule has 1 aliphatic heterocycles. The molecule has 0 fully saturated rings. The first-order chi connectivity index (χ1) is 14.8. The number of H-pyrrole nitrogens is 1. The van der Waals surface area contributed by atoms with E-state index < -0.39 is 0 Å². The Morgan fingerprint density at radius 1 is 0.833 bits per heavy atom. The van der Waals surface area contributed by atoms with Crippen molar-refractivity contribution < 1.29 is 0 Å². The van der Waals surface area contributed by atoms with Crippen LogP contribution in [0.4, 0.5) is 0 Å². The van der Waals surface area contributed by atoms with Gasteiger partial charge in [-0.1, -0.05) is 66.7 Å². The Hall–Kier alpha value is -3.73. The Bertz CT molecular complexity index is 1260. The van der Waals surface area contributed by atoms with Gasteiger partial charge in [0.2, 0.25) is 0 Å². The number of aromatic amines is 1. The molecule has 2 N–H and O–H groups in total. The number of aryl methyl sites for hydroxylation is 1. The first-order valence-corrected chi connectivity index (χ1v) is 10.2. The summed E-state index contributed by atoms with van der Waals surface area (Å²) >= 11 is 0. The van der Waals surface area contributed by atoms with Gasteiger partial charge in [0.05, 0.1) is 22.8 Å². The molecule has 30 heavy (non-hydrogen) atoms. The highest BCUT2D eigenvalue weighted by Gasteiger charge is 2.18. The second-order valence-corrected chi connectivity index (χ2v) is 7.49. The van der Waals surface area contributed by atoms with Crippen molar-refractivity contribution >= 4 is 16.7 Å². The third-order valence-electron chi connectivity index (χ3n) is 5.47. The Labute approximate surface area is 174 Å². The van der Waals surface area contributed by atoms with E-state index in [2.05, 4.69) is 63.8 Å². The molecule has 5 nitrogen and oxygen atoms in total. The standard InChI is InChI=1S/C25H22N4O/c30-25-20-8-4-5-9-21(20)27-24(29-25)15-14-23-26-16-22(28-23)19-12-10-18(11-13-19)17-6-2-1-3-7-17/h1-13,22H,14-16H2,(H,26,28)(H,27,29,30). The van der Waals surface area contributed by atoms with Crippen molar-refractivity contribution in [1.82, 2.24) is 15.3 Å². The minimum Gasteiger partial charge on any atom is -0.371 e. The van der Waals surface area contributed by atoms with E-state index in [0.29, 0.717) is 17.6 Å². The number of aromatic nitrogens is 2. The van der Waals surface area contributed by atoms with E-state index in [1.807, 2.05) is 24.3 Å². The second-order valence-electron chi connectivity index (χ2n) is 7.49. The normalized spacial score (nSPS) is 15.7. The highest BCUT2D eigenvalue weighted by molar-refractivity contribution is 5.84. The molecule has 1 atom stereocenters. The van der Waals surface area contributed by atoms with Crippen LogP contribution in [0.15, 0.2) is 88.6 Å². The summed E-state index contributed by atoms with van der Waals surface area (Å²) in [5, 5.41) is 4.03. The van der Waals surface area contributed by atoms with Gasteiger partial charge in [-0.05, 0) is 28.8 Å². The largest absolute Gasteiger partial charge is 0.371 e. The molecule has 1 aromatic heterocycles. The number of nitrogens with one attached hydrogen (secondary N) is 2. The molecule has 5 rings (SSSR count). The van der Waals surface area contributed by atoms with Crippen LogP contribution in [0.3, 0.4) is 0 Å². The van der Waals surface area contributed by atoms with Gasteiger partial charge in [0.25, 0.3) is 5.56 Å². The lowest BCUT2D eigenvalue weighted by atomic mass is 10.0. The minimum absolute atomic E-state index is 0.0895. The van der Waals surface area contributed by atoms with E-state index in [1.165, 1.54) is 16.7 Å². The molecule has 0 spiro atoms. The number of para-hydroxylation sites is 1. The summed E-state index contributed by atoms with van der Waals surface area (Å²) in [7, 11) is 0. The Morgan fingerprint density at radius 3 is 2.40 bits per heavy atom. The van der Waals surface area contributed by atoms with Gasteiger partial charge in [-0.15, -0.1) is 0 Å². The minimum atomic E-state index is -0.0895. The Morgan fingerprint density at radius 2 is 1.57 bits per heavy atom. The van der Waals surface area contributed by atoms with Gasteiger partial charge < -0.3 is 10.3 Å². The van der Waals surface area contributed by atoms with Crippen LogP contribution in [0.2, 0.25) is 0 Å². The summed E-state index contributed by atoms with van der Waals surface area (Å²) in [5.74, 6) is 1.65. The predicted octanol–water partition coefficient (Wildman–Crippen LogP) is 4.27. The van der Waals surface area contributed by atoms with Crippen molar-refractivity contribution in [3.05, 3.63) is 101 Å². The van der Waals surface area contributed by atoms with Crippen LogP contribution >= 0.6 is 0 Å². The molecule has 3 aromatic carbocycles. The van der Waals surface area contributed by atoms with E-state index in [9.17, 15) is 4.79 Å². The van der Waals surface area contributed by atoms with Crippen molar-refractivity contribution in [3.63, 3.8) is 0 Å². The van der Waals surface area contributed by atoms with Crippen molar-refractivity contribution in [2.24, 2.45) is 4.99 Å². The second kappa shape index (κ2) is 7.95. The number of amidine groups is 1. The molecule has 0 bridgehead atoms. The predicted molar refractivity (Wildman–Crippen MR) is 121 cm³/mol. The quantitative estimate of drug-likeness (QED) is 0.531. The first kappa shape index (κ1) is 18.3. The SMILES string of the molecule is O=c1[nH]c(CCC2=NC(c3ccc(-c4ccccc4)cc3)CN2)nc2ccccc12. The highest BCUT2D eigenvalue weighted by Crippen LogP contribution is 2.25. The van der Waals surface area contributed by atoms with Gasteiger partial charge in [-0.3, -0.25) is 9.79 Å². The molecule has 0 aliphatic carbocycles. The van der Waals surface area contributed by atoms with Gasteiger partial charge in [0.1, 0.15) is 5.82 Å². The number of benzene rings is 3. The number of fused-ring (bicyclic) bond motifs is 1.